The van der Waals surface area contributed by atoms with E-state index in [4.69, 9.17) is 0 Å². The van der Waals surface area contributed by atoms with E-state index in [0.29, 0.717) is 10.8 Å². The molecule has 0 fully saturated rings. The van der Waals surface area contributed by atoms with Crippen molar-refractivity contribution in [2.24, 2.45) is 0 Å². The van der Waals surface area contributed by atoms with E-state index in [1.165, 1.54) is 21.9 Å². The standard InChI is InChI=1S/C19H13IN4O2S/c1-11-2-7-16-21-8-14(18(26)24(16)9-11)17(25)23-19-22-15(10-27-19)12-3-5-13(20)6-4-12/h2-10H,1H3,(H,22,23,25). The monoisotopic (exact) mass is 488 g/mol. The van der Waals surface area contributed by atoms with E-state index in [2.05, 4.69) is 37.9 Å². The fourth-order valence-corrected chi connectivity index (χ4v) is 3.66. The van der Waals surface area contributed by atoms with Crippen LogP contribution in [0.4, 0.5) is 5.13 Å². The third kappa shape index (κ3) is 3.62. The van der Waals surface area contributed by atoms with Gasteiger partial charge in [-0.2, -0.15) is 0 Å². The molecule has 1 aromatic carbocycles. The van der Waals surface area contributed by atoms with Gasteiger partial charge in [0.2, 0.25) is 0 Å². The molecule has 0 spiro atoms. The van der Waals surface area contributed by atoms with Gasteiger partial charge < -0.3 is 0 Å². The molecule has 1 N–H and O–H groups in total. The van der Waals surface area contributed by atoms with Gasteiger partial charge in [-0.3, -0.25) is 19.3 Å². The van der Waals surface area contributed by atoms with Crippen molar-refractivity contribution in [1.82, 2.24) is 14.4 Å². The smallest absolute Gasteiger partial charge is 0.270 e. The lowest BCUT2D eigenvalue weighted by atomic mass is 10.2. The van der Waals surface area contributed by atoms with Crippen LogP contribution in [0, 0.1) is 10.5 Å². The number of thiazole rings is 1. The number of carbonyl (C=O) groups is 1. The molecule has 27 heavy (non-hydrogen) atoms. The van der Waals surface area contributed by atoms with Crippen LogP contribution in [0.3, 0.4) is 0 Å². The van der Waals surface area contributed by atoms with Crippen LogP contribution in [0.15, 0.2) is 59.0 Å². The zero-order valence-corrected chi connectivity index (χ0v) is 17.1. The van der Waals surface area contributed by atoms with Crippen molar-refractivity contribution in [3.63, 3.8) is 0 Å². The highest BCUT2D eigenvalue weighted by Gasteiger charge is 2.15. The number of halogens is 1. The Morgan fingerprint density at radius 1 is 1.19 bits per heavy atom. The summed E-state index contributed by atoms with van der Waals surface area (Å²) >= 11 is 3.55. The van der Waals surface area contributed by atoms with E-state index in [1.807, 2.05) is 42.6 Å². The molecule has 3 heterocycles. The van der Waals surface area contributed by atoms with E-state index in [-0.39, 0.29) is 5.56 Å². The largest absolute Gasteiger partial charge is 0.298 e. The predicted octanol–water partition coefficient (Wildman–Crippen LogP) is 3.98. The first-order valence-electron chi connectivity index (χ1n) is 8.02. The minimum absolute atomic E-state index is 0.0240. The maximum absolute atomic E-state index is 12.6. The van der Waals surface area contributed by atoms with E-state index >= 15 is 0 Å². The van der Waals surface area contributed by atoms with Gasteiger partial charge in [0.1, 0.15) is 11.2 Å². The molecule has 8 heteroatoms. The summed E-state index contributed by atoms with van der Waals surface area (Å²) in [4.78, 5) is 33.8. The lowest BCUT2D eigenvalue weighted by Gasteiger charge is -2.05. The second kappa shape index (κ2) is 7.20. The molecule has 4 rings (SSSR count). The molecular weight excluding hydrogens is 475 g/mol. The van der Waals surface area contributed by atoms with Crippen molar-refractivity contribution >= 4 is 50.6 Å². The number of aryl methyl sites for hydroxylation is 1. The molecule has 0 saturated carbocycles. The molecule has 0 aliphatic rings. The minimum Gasteiger partial charge on any atom is -0.298 e. The second-order valence-electron chi connectivity index (χ2n) is 5.91. The fourth-order valence-electron chi connectivity index (χ4n) is 2.59. The molecule has 134 valence electrons. The third-order valence-corrected chi connectivity index (χ3v) is 5.44. The number of aromatic nitrogens is 3. The molecule has 0 unspecified atom stereocenters. The van der Waals surface area contributed by atoms with Crippen molar-refractivity contribution in [2.45, 2.75) is 6.92 Å². The number of hydrogen-bond acceptors (Lipinski definition) is 5. The van der Waals surface area contributed by atoms with Crippen molar-refractivity contribution in [2.75, 3.05) is 5.32 Å². The summed E-state index contributed by atoms with van der Waals surface area (Å²) in [6.07, 6.45) is 2.97. The first-order valence-corrected chi connectivity index (χ1v) is 9.98. The molecule has 6 nitrogen and oxygen atoms in total. The average Bonchev–Trinajstić information content (AvgIpc) is 3.11. The Hall–Kier alpha value is -2.59. The molecule has 0 saturated heterocycles. The fraction of sp³-hybridized carbons (Fsp3) is 0.0526. The number of fused-ring (bicyclic) bond motifs is 1. The molecule has 0 radical (unpaired) electrons. The highest BCUT2D eigenvalue weighted by Crippen LogP contribution is 2.25. The first kappa shape index (κ1) is 17.8. The number of hydrogen-bond donors (Lipinski definition) is 1. The molecule has 3 aromatic heterocycles. The molecule has 0 aliphatic heterocycles. The quantitative estimate of drug-likeness (QED) is 0.443. The molecular formula is C19H13IN4O2S. The first-order chi connectivity index (χ1) is 13.0. The van der Waals surface area contributed by atoms with Crippen LogP contribution in [-0.4, -0.2) is 20.3 Å². The molecule has 0 atom stereocenters. The number of carbonyl (C=O) groups excluding carboxylic acids is 1. The Morgan fingerprint density at radius 3 is 2.74 bits per heavy atom. The van der Waals surface area contributed by atoms with Gasteiger partial charge in [0, 0.05) is 26.9 Å². The van der Waals surface area contributed by atoms with Crippen molar-refractivity contribution in [1.29, 1.82) is 0 Å². The third-order valence-electron chi connectivity index (χ3n) is 3.96. The lowest BCUT2D eigenvalue weighted by molar-refractivity contribution is 0.102. The summed E-state index contributed by atoms with van der Waals surface area (Å²) in [7, 11) is 0. The van der Waals surface area contributed by atoms with Gasteiger partial charge in [-0.15, -0.1) is 11.3 Å². The molecule has 1 amide bonds. The van der Waals surface area contributed by atoms with Crippen LogP contribution in [0.25, 0.3) is 16.9 Å². The highest BCUT2D eigenvalue weighted by atomic mass is 127. The van der Waals surface area contributed by atoms with Crippen LogP contribution >= 0.6 is 33.9 Å². The predicted molar refractivity (Wildman–Crippen MR) is 114 cm³/mol. The normalized spacial score (nSPS) is 10.9. The number of nitrogens with zero attached hydrogens (tertiary/aromatic N) is 3. The number of pyridine rings is 1. The van der Waals surface area contributed by atoms with Crippen LogP contribution in [0.2, 0.25) is 0 Å². The Bertz CT molecular complexity index is 1210. The zero-order valence-electron chi connectivity index (χ0n) is 14.1. The van der Waals surface area contributed by atoms with Gasteiger partial charge in [0.05, 0.1) is 5.69 Å². The number of amides is 1. The minimum atomic E-state index is -0.521. The Morgan fingerprint density at radius 2 is 1.96 bits per heavy atom. The maximum atomic E-state index is 12.6. The SMILES string of the molecule is Cc1ccc2ncc(C(=O)Nc3nc(-c4ccc(I)cc4)cs3)c(=O)n2c1. The van der Waals surface area contributed by atoms with Crippen LogP contribution in [-0.2, 0) is 0 Å². The summed E-state index contributed by atoms with van der Waals surface area (Å²) in [5, 5.41) is 4.99. The molecule has 0 aliphatic carbocycles. The highest BCUT2D eigenvalue weighted by molar-refractivity contribution is 14.1. The van der Waals surface area contributed by atoms with E-state index in [0.717, 1.165) is 20.4 Å². The molecule has 4 aromatic rings. The second-order valence-corrected chi connectivity index (χ2v) is 8.01. The van der Waals surface area contributed by atoms with E-state index in [1.54, 1.807) is 12.3 Å². The van der Waals surface area contributed by atoms with Crippen molar-refractivity contribution in [3.8, 4) is 11.3 Å². The summed E-state index contributed by atoms with van der Waals surface area (Å²) in [5.74, 6) is -0.521. The van der Waals surface area contributed by atoms with Crippen LogP contribution in [0.5, 0.6) is 0 Å². The topological polar surface area (TPSA) is 76.4 Å². The number of nitrogens with one attached hydrogen (secondary N) is 1. The Kier molecular flexibility index (Phi) is 4.75. The summed E-state index contributed by atoms with van der Waals surface area (Å²) in [5.41, 5.74) is 2.72. The van der Waals surface area contributed by atoms with Gasteiger partial charge in [-0.1, -0.05) is 18.2 Å². The number of rotatable bonds is 3. The van der Waals surface area contributed by atoms with Gasteiger partial charge in [-0.25, -0.2) is 9.97 Å². The van der Waals surface area contributed by atoms with E-state index in [9.17, 15) is 9.59 Å². The summed E-state index contributed by atoms with van der Waals surface area (Å²) in [6.45, 7) is 1.88. The number of anilines is 1. The van der Waals surface area contributed by atoms with Gasteiger partial charge >= 0.3 is 0 Å². The van der Waals surface area contributed by atoms with Crippen molar-refractivity contribution in [3.05, 3.63) is 79.2 Å². The Balaban J connectivity index is 1.61. The van der Waals surface area contributed by atoms with Crippen LogP contribution in [0.1, 0.15) is 15.9 Å². The molecule has 0 bridgehead atoms. The summed E-state index contributed by atoms with van der Waals surface area (Å²) in [6, 6.07) is 11.6. The van der Waals surface area contributed by atoms with Crippen LogP contribution < -0.4 is 10.9 Å². The number of benzene rings is 1. The zero-order chi connectivity index (χ0) is 19.0. The Labute approximate surface area is 172 Å². The van der Waals surface area contributed by atoms with Crippen molar-refractivity contribution < 1.29 is 4.79 Å². The van der Waals surface area contributed by atoms with E-state index < -0.39 is 11.5 Å². The lowest BCUT2D eigenvalue weighted by Crippen LogP contribution is -2.26. The van der Waals surface area contributed by atoms with Gasteiger partial charge in [-0.05, 0) is 53.3 Å². The summed E-state index contributed by atoms with van der Waals surface area (Å²) < 4.78 is 2.52. The van der Waals surface area contributed by atoms with Gasteiger partial charge in [0.25, 0.3) is 11.5 Å². The maximum Gasteiger partial charge on any atom is 0.270 e. The van der Waals surface area contributed by atoms with Gasteiger partial charge in [0.15, 0.2) is 5.13 Å². The average molecular weight is 488 g/mol.